The molecule has 0 saturated heterocycles. The summed E-state index contributed by atoms with van der Waals surface area (Å²) in [6, 6.07) is 14.4. The van der Waals surface area contributed by atoms with Crippen LogP contribution in [0.1, 0.15) is 31.8 Å². The second-order valence-electron chi connectivity index (χ2n) is 5.80. The Bertz CT molecular complexity index is 725. The molecule has 0 aromatic heterocycles. The summed E-state index contributed by atoms with van der Waals surface area (Å²) >= 11 is 0. The maximum atomic E-state index is 11.8. The molecule has 0 unspecified atom stereocenters. The first-order chi connectivity index (χ1) is 11.4. The van der Waals surface area contributed by atoms with E-state index in [0.29, 0.717) is 11.1 Å². The van der Waals surface area contributed by atoms with Crippen LogP contribution in [0.5, 0.6) is 0 Å². The monoisotopic (exact) mass is 320 g/mol. The van der Waals surface area contributed by atoms with E-state index in [1.807, 2.05) is 24.3 Å². The van der Waals surface area contributed by atoms with E-state index in [9.17, 15) is 9.59 Å². The molecule has 2 aromatic carbocycles. The Balaban J connectivity index is 2.12. The first-order valence-electron chi connectivity index (χ1n) is 7.54. The third kappa shape index (κ3) is 4.23. The standard InChI is InChI=1S/C20H20N2O2/c1-21(2)19(23)17-11-7-15(8-12-17)5-6-16-9-13-18(14-10-16)20(24)22(3)4/h7-14H,1-4H3. The molecular weight excluding hydrogens is 300 g/mol. The second kappa shape index (κ2) is 7.47. The molecule has 122 valence electrons. The molecule has 2 aromatic rings. The molecule has 4 heteroatoms. The largest absolute Gasteiger partial charge is 0.345 e. The van der Waals surface area contributed by atoms with E-state index < -0.39 is 0 Å². The zero-order valence-corrected chi connectivity index (χ0v) is 14.3. The van der Waals surface area contributed by atoms with E-state index in [0.717, 1.165) is 11.1 Å². The van der Waals surface area contributed by atoms with Crippen molar-refractivity contribution >= 4 is 11.8 Å². The maximum absolute atomic E-state index is 11.8. The molecular formula is C20H20N2O2. The number of rotatable bonds is 2. The Morgan fingerprint density at radius 2 is 0.917 bits per heavy atom. The minimum absolute atomic E-state index is 0.0318. The van der Waals surface area contributed by atoms with E-state index in [4.69, 9.17) is 0 Å². The molecule has 0 aliphatic rings. The van der Waals surface area contributed by atoms with Crippen LogP contribution >= 0.6 is 0 Å². The predicted molar refractivity (Wildman–Crippen MR) is 94.9 cm³/mol. The summed E-state index contributed by atoms with van der Waals surface area (Å²) in [7, 11) is 6.89. The van der Waals surface area contributed by atoms with Gasteiger partial charge in [0.25, 0.3) is 11.8 Å². The Hall–Kier alpha value is -3.06. The minimum Gasteiger partial charge on any atom is -0.345 e. The summed E-state index contributed by atoms with van der Waals surface area (Å²) in [4.78, 5) is 26.7. The number of benzene rings is 2. The number of hydrogen-bond acceptors (Lipinski definition) is 2. The van der Waals surface area contributed by atoms with Gasteiger partial charge in [-0.05, 0) is 48.5 Å². The van der Waals surface area contributed by atoms with Crippen LogP contribution in [-0.2, 0) is 0 Å². The highest BCUT2D eigenvalue weighted by Gasteiger charge is 2.07. The topological polar surface area (TPSA) is 40.6 Å². The van der Waals surface area contributed by atoms with Crippen molar-refractivity contribution in [2.24, 2.45) is 0 Å². The van der Waals surface area contributed by atoms with Crippen molar-refractivity contribution < 1.29 is 9.59 Å². The van der Waals surface area contributed by atoms with Crippen LogP contribution in [0.25, 0.3) is 0 Å². The van der Waals surface area contributed by atoms with Crippen molar-refractivity contribution in [2.75, 3.05) is 28.2 Å². The van der Waals surface area contributed by atoms with Crippen molar-refractivity contribution in [1.29, 1.82) is 0 Å². The normalized spacial score (nSPS) is 9.67. The van der Waals surface area contributed by atoms with E-state index in [2.05, 4.69) is 11.8 Å². The van der Waals surface area contributed by atoms with Gasteiger partial charge in [-0.3, -0.25) is 9.59 Å². The molecule has 0 aliphatic heterocycles. The van der Waals surface area contributed by atoms with Gasteiger partial charge in [-0.2, -0.15) is 0 Å². The zero-order valence-electron chi connectivity index (χ0n) is 14.3. The predicted octanol–water partition coefficient (Wildman–Crippen LogP) is 2.49. The minimum atomic E-state index is -0.0318. The van der Waals surface area contributed by atoms with Gasteiger partial charge in [0.1, 0.15) is 0 Å². The molecule has 0 radical (unpaired) electrons. The number of amides is 2. The first kappa shape index (κ1) is 17.3. The van der Waals surface area contributed by atoms with Gasteiger partial charge in [0.15, 0.2) is 0 Å². The fraction of sp³-hybridized carbons (Fsp3) is 0.200. The van der Waals surface area contributed by atoms with Gasteiger partial charge in [0, 0.05) is 50.4 Å². The molecule has 2 amide bonds. The van der Waals surface area contributed by atoms with Crippen molar-refractivity contribution in [3.63, 3.8) is 0 Å². The average molecular weight is 320 g/mol. The highest BCUT2D eigenvalue weighted by Crippen LogP contribution is 2.08. The van der Waals surface area contributed by atoms with Crippen LogP contribution in [0.2, 0.25) is 0 Å². The lowest BCUT2D eigenvalue weighted by Crippen LogP contribution is -2.21. The molecule has 0 spiro atoms. The number of nitrogens with zero attached hydrogens (tertiary/aromatic N) is 2. The van der Waals surface area contributed by atoms with Gasteiger partial charge >= 0.3 is 0 Å². The molecule has 0 atom stereocenters. The van der Waals surface area contributed by atoms with Crippen LogP contribution in [0, 0.1) is 11.8 Å². The molecule has 0 fully saturated rings. The fourth-order valence-electron chi connectivity index (χ4n) is 2.05. The zero-order chi connectivity index (χ0) is 17.7. The first-order valence-corrected chi connectivity index (χ1v) is 7.54. The highest BCUT2D eigenvalue weighted by molar-refractivity contribution is 5.94. The van der Waals surface area contributed by atoms with E-state index in [1.54, 1.807) is 52.5 Å². The lowest BCUT2D eigenvalue weighted by molar-refractivity contribution is 0.0820. The van der Waals surface area contributed by atoms with Gasteiger partial charge < -0.3 is 9.80 Å². The Morgan fingerprint density at radius 3 is 1.17 bits per heavy atom. The van der Waals surface area contributed by atoms with Crippen LogP contribution in [-0.4, -0.2) is 49.8 Å². The summed E-state index contributed by atoms with van der Waals surface area (Å²) in [5.74, 6) is 6.05. The Kier molecular flexibility index (Phi) is 5.39. The smallest absolute Gasteiger partial charge is 0.253 e. The van der Waals surface area contributed by atoms with Gasteiger partial charge in [-0.25, -0.2) is 0 Å². The summed E-state index contributed by atoms with van der Waals surface area (Å²) in [6.07, 6.45) is 0. The quantitative estimate of drug-likeness (QED) is 0.798. The average Bonchev–Trinajstić information content (AvgIpc) is 2.59. The molecule has 4 nitrogen and oxygen atoms in total. The molecule has 0 saturated carbocycles. The van der Waals surface area contributed by atoms with Crippen molar-refractivity contribution in [1.82, 2.24) is 9.80 Å². The lowest BCUT2D eigenvalue weighted by Gasteiger charge is -2.09. The van der Waals surface area contributed by atoms with E-state index >= 15 is 0 Å². The van der Waals surface area contributed by atoms with Crippen LogP contribution in [0.4, 0.5) is 0 Å². The number of hydrogen-bond donors (Lipinski definition) is 0. The van der Waals surface area contributed by atoms with E-state index in [-0.39, 0.29) is 11.8 Å². The lowest BCUT2D eigenvalue weighted by atomic mass is 10.1. The maximum Gasteiger partial charge on any atom is 0.253 e. The van der Waals surface area contributed by atoms with Crippen LogP contribution in [0.3, 0.4) is 0 Å². The summed E-state index contributed by atoms with van der Waals surface area (Å²) in [5, 5.41) is 0. The Labute approximate surface area is 142 Å². The van der Waals surface area contributed by atoms with Crippen LogP contribution in [0.15, 0.2) is 48.5 Å². The molecule has 0 heterocycles. The molecule has 0 aliphatic carbocycles. The second-order valence-corrected chi connectivity index (χ2v) is 5.80. The SMILES string of the molecule is CN(C)C(=O)c1ccc(C#Cc2ccc(C(=O)N(C)C)cc2)cc1. The fourth-order valence-corrected chi connectivity index (χ4v) is 2.05. The molecule has 0 bridgehead atoms. The van der Waals surface area contributed by atoms with Crippen molar-refractivity contribution in [3.8, 4) is 11.8 Å². The van der Waals surface area contributed by atoms with Gasteiger partial charge in [-0.1, -0.05) is 11.8 Å². The Morgan fingerprint density at radius 1 is 0.625 bits per heavy atom. The third-order valence-corrected chi connectivity index (χ3v) is 3.43. The molecule has 0 N–H and O–H groups in total. The van der Waals surface area contributed by atoms with Gasteiger partial charge in [-0.15, -0.1) is 0 Å². The number of carbonyl (C=O) groups excluding carboxylic acids is 2. The van der Waals surface area contributed by atoms with E-state index in [1.165, 1.54) is 9.80 Å². The highest BCUT2D eigenvalue weighted by atomic mass is 16.2. The molecule has 24 heavy (non-hydrogen) atoms. The van der Waals surface area contributed by atoms with Gasteiger partial charge in [0.05, 0.1) is 0 Å². The van der Waals surface area contributed by atoms with Crippen molar-refractivity contribution in [3.05, 3.63) is 70.8 Å². The number of carbonyl (C=O) groups is 2. The summed E-state index contributed by atoms with van der Waals surface area (Å²) in [5.41, 5.74) is 2.94. The summed E-state index contributed by atoms with van der Waals surface area (Å²) in [6.45, 7) is 0. The van der Waals surface area contributed by atoms with Crippen LogP contribution < -0.4 is 0 Å². The van der Waals surface area contributed by atoms with Crippen molar-refractivity contribution in [2.45, 2.75) is 0 Å². The van der Waals surface area contributed by atoms with Gasteiger partial charge in [0.2, 0.25) is 0 Å². The molecule has 2 rings (SSSR count). The summed E-state index contributed by atoms with van der Waals surface area (Å²) < 4.78 is 0. The third-order valence-electron chi connectivity index (χ3n) is 3.43.